The van der Waals surface area contributed by atoms with Crippen LogP contribution in [0.25, 0.3) is 54.9 Å². The van der Waals surface area contributed by atoms with Gasteiger partial charge in [-0.25, -0.2) is 0 Å². The first-order valence-electron chi connectivity index (χ1n) is 20.5. The third-order valence-corrected chi connectivity index (χ3v) is 12.5. The van der Waals surface area contributed by atoms with Gasteiger partial charge in [-0.2, -0.15) is 0 Å². The highest BCUT2D eigenvalue weighted by atomic mass is 15.1. The van der Waals surface area contributed by atoms with Gasteiger partial charge in [0.15, 0.2) is 0 Å². The molecule has 0 radical (unpaired) electrons. The molecule has 0 aliphatic heterocycles. The van der Waals surface area contributed by atoms with Gasteiger partial charge in [0.2, 0.25) is 0 Å². The molecule has 11 rings (SSSR count). The van der Waals surface area contributed by atoms with E-state index in [1.165, 1.54) is 82.7 Å². The molecule has 0 saturated heterocycles. The highest BCUT2D eigenvalue weighted by molar-refractivity contribution is 6.05. The van der Waals surface area contributed by atoms with Gasteiger partial charge in [-0.3, -0.25) is 0 Å². The number of aryl methyl sites for hydroxylation is 1. The molecule has 278 valence electrons. The lowest BCUT2D eigenvalue weighted by molar-refractivity contribution is 0.768. The summed E-state index contributed by atoms with van der Waals surface area (Å²) < 4.78 is 0. The number of hydrogen-bond acceptors (Lipinski definition) is 1. The second-order valence-corrected chi connectivity index (χ2v) is 15.7. The summed E-state index contributed by atoms with van der Waals surface area (Å²) in [6, 6.07) is 84.8. The van der Waals surface area contributed by atoms with E-state index in [9.17, 15) is 0 Å². The Hall–Kier alpha value is -7.48. The fourth-order valence-electron chi connectivity index (χ4n) is 9.90. The fraction of sp³-hybridized carbons (Fsp3) is 0.0345. The van der Waals surface area contributed by atoms with Crippen LogP contribution in [0.3, 0.4) is 0 Å². The van der Waals surface area contributed by atoms with Gasteiger partial charge in [-0.1, -0.05) is 200 Å². The first-order valence-corrected chi connectivity index (χ1v) is 20.5. The van der Waals surface area contributed by atoms with Crippen LogP contribution in [0.5, 0.6) is 0 Å². The van der Waals surface area contributed by atoms with Gasteiger partial charge >= 0.3 is 0 Å². The maximum absolute atomic E-state index is 2.47. The van der Waals surface area contributed by atoms with E-state index in [0.29, 0.717) is 0 Å². The smallest absolute Gasteiger partial charge is 0.0714 e. The molecule has 10 aromatic carbocycles. The number of rotatable bonds is 7. The van der Waals surface area contributed by atoms with E-state index in [2.05, 4.69) is 242 Å². The van der Waals surface area contributed by atoms with Crippen LogP contribution in [-0.4, -0.2) is 0 Å². The average molecular weight is 752 g/mol. The predicted octanol–water partition coefficient (Wildman–Crippen LogP) is 15.5. The van der Waals surface area contributed by atoms with E-state index in [1.807, 2.05) is 0 Å². The molecule has 0 N–H and O–H groups in total. The molecule has 0 amide bonds. The van der Waals surface area contributed by atoms with Gasteiger partial charge in [-0.05, 0) is 115 Å². The van der Waals surface area contributed by atoms with E-state index in [4.69, 9.17) is 0 Å². The predicted molar refractivity (Wildman–Crippen MR) is 249 cm³/mol. The summed E-state index contributed by atoms with van der Waals surface area (Å²) >= 11 is 0. The molecular formula is C58H41N. The molecule has 0 fully saturated rings. The number of benzene rings is 10. The summed E-state index contributed by atoms with van der Waals surface area (Å²) in [4.78, 5) is 2.46. The Morgan fingerprint density at radius 1 is 0.356 bits per heavy atom. The highest BCUT2D eigenvalue weighted by Crippen LogP contribution is 2.58. The molecule has 0 bridgehead atoms. The molecule has 1 nitrogen and oxygen atoms in total. The molecule has 0 saturated carbocycles. The summed E-state index contributed by atoms with van der Waals surface area (Å²) in [6.07, 6.45) is 0. The summed E-state index contributed by atoms with van der Waals surface area (Å²) in [6.45, 7) is 2.26. The average Bonchev–Trinajstić information content (AvgIpc) is 3.61. The van der Waals surface area contributed by atoms with Crippen molar-refractivity contribution in [1.29, 1.82) is 0 Å². The van der Waals surface area contributed by atoms with Crippen molar-refractivity contribution in [2.45, 2.75) is 12.3 Å². The molecule has 0 spiro atoms. The van der Waals surface area contributed by atoms with Gasteiger partial charge in [0.1, 0.15) is 0 Å². The zero-order valence-corrected chi connectivity index (χ0v) is 32.9. The van der Waals surface area contributed by atoms with Crippen molar-refractivity contribution in [3.63, 3.8) is 0 Å². The lowest BCUT2D eigenvalue weighted by Gasteiger charge is -2.35. The van der Waals surface area contributed by atoms with E-state index < -0.39 is 5.41 Å². The molecule has 10 aromatic rings. The van der Waals surface area contributed by atoms with Crippen LogP contribution in [0.15, 0.2) is 231 Å². The van der Waals surface area contributed by atoms with Crippen molar-refractivity contribution >= 4 is 38.6 Å². The SMILES string of the molecule is Cc1cccc2c1-c1ccc(N(c3ccc(-c4ccc5ccccc5c4-c4ccccc4)cc3)c3cccc4ccccc34)cc1C2(c1ccccc1)c1ccccc1. The molecule has 1 heteroatoms. The fourth-order valence-corrected chi connectivity index (χ4v) is 9.90. The summed E-state index contributed by atoms with van der Waals surface area (Å²) in [5.41, 5.74) is 16.8. The zero-order valence-electron chi connectivity index (χ0n) is 32.9. The third-order valence-electron chi connectivity index (χ3n) is 12.5. The maximum Gasteiger partial charge on any atom is 0.0714 e. The highest BCUT2D eigenvalue weighted by Gasteiger charge is 2.46. The Balaban J connectivity index is 1.14. The van der Waals surface area contributed by atoms with E-state index >= 15 is 0 Å². The lowest BCUT2D eigenvalue weighted by Crippen LogP contribution is -2.28. The van der Waals surface area contributed by atoms with Crippen LogP contribution in [0, 0.1) is 6.92 Å². The Morgan fingerprint density at radius 3 is 1.63 bits per heavy atom. The normalized spacial score (nSPS) is 12.6. The number of anilines is 3. The van der Waals surface area contributed by atoms with Gasteiger partial charge < -0.3 is 4.90 Å². The van der Waals surface area contributed by atoms with Crippen LogP contribution in [0.2, 0.25) is 0 Å². The van der Waals surface area contributed by atoms with Crippen LogP contribution < -0.4 is 4.90 Å². The Kier molecular flexibility index (Phi) is 8.34. The molecule has 0 atom stereocenters. The Morgan fingerprint density at radius 2 is 0.915 bits per heavy atom. The first kappa shape index (κ1) is 34.7. The quantitative estimate of drug-likeness (QED) is 0.157. The lowest BCUT2D eigenvalue weighted by atomic mass is 9.67. The monoisotopic (exact) mass is 751 g/mol. The van der Waals surface area contributed by atoms with Crippen molar-refractivity contribution in [2.24, 2.45) is 0 Å². The molecule has 1 aliphatic rings. The second-order valence-electron chi connectivity index (χ2n) is 15.7. The van der Waals surface area contributed by atoms with Crippen molar-refractivity contribution in [1.82, 2.24) is 0 Å². The minimum atomic E-state index is -0.507. The van der Waals surface area contributed by atoms with Gasteiger partial charge in [-0.15, -0.1) is 0 Å². The largest absolute Gasteiger partial charge is 0.310 e. The Labute approximate surface area is 346 Å². The Bertz CT molecular complexity index is 3100. The molecule has 59 heavy (non-hydrogen) atoms. The molecule has 1 aliphatic carbocycles. The van der Waals surface area contributed by atoms with Crippen molar-refractivity contribution in [3.05, 3.63) is 258 Å². The maximum atomic E-state index is 2.47. The summed E-state index contributed by atoms with van der Waals surface area (Å²) in [5, 5.41) is 4.91. The van der Waals surface area contributed by atoms with Gasteiger partial charge in [0, 0.05) is 16.8 Å². The topological polar surface area (TPSA) is 3.24 Å². The van der Waals surface area contributed by atoms with Crippen LogP contribution >= 0.6 is 0 Å². The van der Waals surface area contributed by atoms with E-state index in [-0.39, 0.29) is 0 Å². The van der Waals surface area contributed by atoms with E-state index in [0.717, 1.165) is 17.1 Å². The van der Waals surface area contributed by atoms with Crippen molar-refractivity contribution in [3.8, 4) is 33.4 Å². The zero-order chi connectivity index (χ0) is 39.3. The van der Waals surface area contributed by atoms with Crippen LogP contribution in [-0.2, 0) is 5.41 Å². The third kappa shape index (κ3) is 5.54. The summed E-state index contributed by atoms with van der Waals surface area (Å²) in [7, 11) is 0. The van der Waals surface area contributed by atoms with E-state index in [1.54, 1.807) is 0 Å². The van der Waals surface area contributed by atoms with Crippen molar-refractivity contribution in [2.75, 3.05) is 4.90 Å². The van der Waals surface area contributed by atoms with Gasteiger partial charge in [0.25, 0.3) is 0 Å². The molecular weight excluding hydrogens is 711 g/mol. The summed E-state index contributed by atoms with van der Waals surface area (Å²) in [5.74, 6) is 0. The first-order chi connectivity index (χ1) is 29.2. The molecule has 0 aromatic heterocycles. The number of fused-ring (bicyclic) bond motifs is 5. The van der Waals surface area contributed by atoms with Crippen LogP contribution in [0.1, 0.15) is 27.8 Å². The second kappa shape index (κ2) is 14.2. The minimum absolute atomic E-state index is 0.507. The number of hydrogen-bond donors (Lipinski definition) is 0. The van der Waals surface area contributed by atoms with Gasteiger partial charge in [0.05, 0.1) is 11.1 Å². The molecule has 0 unspecified atom stereocenters. The molecule has 0 heterocycles. The van der Waals surface area contributed by atoms with Crippen LogP contribution in [0.4, 0.5) is 17.1 Å². The standard InChI is InChI=1S/C58H41N/c1-40-17-15-29-53-56(40)52-38-36-48(39-54(52)58(53,45-23-7-3-8-24-45)46-25-9-4-10-26-46)59(55-30-16-22-41-18-11-13-27-49(41)55)47-34-31-43(32-35-47)51-37-33-42-19-12-14-28-50(42)57(51)44-20-5-2-6-21-44/h2-39H,1H3. The van der Waals surface area contributed by atoms with Crippen molar-refractivity contribution < 1.29 is 0 Å². The minimum Gasteiger partial charge on any atom is -0.310 e. The number of nitrogens with zero attached hydrogens (tertiary/aromatic N) is 1.